The maximum Gasteiger partial charge on any atom is 0.326 e. The zero-order chi connectivity index (χ0) is 9.68. The summed E-state index contributed by atoms with van der Waals surface area (Å²) in [5, 5.41) is 11.0. The Balaban J connectivity index is 2.45. The molecule has 4 heteroatoms. The van der Waals surface area contributed by atoms with Gasteiger partial charge in [-0.05, 0) is 25.7 Å². The predicted octanol–water partition coefficient (Wildman–Crippen LogP) is 0.686. The van der Waals surface area contributed by atoms with Gasteiger partial charge in [0.25, 0.3) is 0 Å². The van der Waals surface area contributed by atoms with Crippen LogP contribution < -0.4 is 5.32 Å². The lowest BCUT2D eigenvalue weighted by Gasteiger charge is -2.11. The molecule has 0 aromatic heterocycles. The fraction of sp³-hybridized carbons (Fsp3) is 0.556. The minimum atomic E-state index is -0.972. The molecule has 0 heterocycles. The van der Waals surface area contributed by atoms with E-state index in [4.69, 9.17) is 5.11 Å². The van der Waals surface area contributed by atoms with Crippen LogP contribution in [0.15, 0.2) is 11.6 Å². The quantitative estimate of drug-likeness (QED) is 0.486. The smallest absolute Gasteiger partial charge is 0.326 e. The number of amides is 1. The molecule has 0 aromatic carbocycles. The van der Waals surface area contributed by atoms with Gasteiger partial charge in [0.15, 0.2) is 0 Å². The molecule has 0 spiro atoms. The van der Waals surface area contributed by atoms with Crippen molar-refractivity contribution in [3.05, 3.63) is 11.6 Å². The highest BCUT2D eigenvalue weighted by molar-refractivity contribution is 5.76. The van der Waals surface area contributed by atoms with Crippen LogP contribution >= 0.6 is 0 Å². The van der Waals surface area contributed by atoms with E-state index in [-0.39, 0.29) is 0 Å². The van der Waals surface area contributed by atoms with Gasteiger partial charge in [0.2, 0.25) is 6.41 Å². The van der Waals surface area contributed by atoms with Gasteiger partial charge in [-0.2, -0.15) is 0 Å². The van der Waals surface area contributed by atoms with E-state index in [0.717, 1.165) is 24.8 Å². The predicted molar refractivity (Wildman–Crippen MR) is 47.2 cm³/mol. The number of allylic oxidation sites excluding steroid dienone is 1. The largest absolute Gasteiger partial charge is 0.480 e. The first-order chi connectivity index (χ1) is 6.24. The third-order valence-corrected chi connectivity index (χ3v) is 2.17. The molecular formula is C9H13NO3. The Labute approximate surface area is 76.6 Å². The van der Waals surface area contributed by atoms with Crippen LogP contribution in [0.4, 0.5) is 0 Å². The van der Waals surface area contributed by atoms with Crippen LogP contribution in [0, 0.1) is 0 Å². The molecule has 0 fully saturated rings. The summed E-state index contributed by atoms with van der Waals surface area (Å²) in [6, 6.07) is -0.762. The number of nitrogens with one attached hydrogen (secondary N) is 1. The van der Waals surface area contributed by atoms with Crippen LogP contribution in [0.3, 0.4) is 0 Å². The first-order valence-electron chi connectivity index (χ1n) is 4.34. The van der Waals surface area contributed by atoms with E-state index >= 15 is 0 Å². The van der Waals surface area contributed by atoms with Crippen LogP contribution in [0.25, 0.3) is 0 Å². The van der Waals surface area contributed by atoms with Gasteiger partial charge < -0.3 is 10.4 Å². The fourth-order valence-corrected chi connectivity index (χ4v) is 1.48. The standard InChI is InChI=1S/C9H13NO3/c11-6-10-8(9(12)13)5-7-3-1-2-4-7/h3,6,8H,1-2,4-5H2,(H,10,11)(H,12,13). The van der Waals surface area contributed by atoms with Crippen molar-refractivity contribution >= 4 is 12.4 Å². The molecule has 0 saturated heterocycles. The lowest BCUT2D eigenvalue weighted by Crippen LogP contribution is -2.35. The summed E-state index contributed by atoms with van der Waals surface area (Å²) in [7, 11) is 0. The Bertz CT molecular complexity index is 235. The SMILES string of the molecule is O=CNC(CC1=CCCC1)C(=O)O. The van der Waals surface area contributed by atoms with Crippen molar-refractivity contribution in [1.29, 1.82) is 0 Å². The minimum Gasteiger partial charge on any atom is -0.480 e. The molecule has 0 aliphatic heterocycles. The van der Waals surface area contributed by atoms with Gasteiger partial charge in [0, 0.05) is 0 Å². The molecule has 1 atom stereocenters. The Morgan fingerprint density at radius 2 is 2.54 bits per heavy atom. The molecule has 4 nitrogen and oxygen atoms in total. The van der Waals surface area contributed by atoms with E-state index in [0.29, 0.717) is 12.8 Å². The highest BCUT2D eigenvalue weighted by Gasteiger charge is 2.18. The van der Waals surface area contributed by atoms with Gasteiger partial charge in [-0.15, -0.1) is 0 Å². The number of hydrogen-bond acceptors (Lipinski definition) is 2. The van der Waals surface area contributed by atoms with Crippen LogP contribution in [-0.4, -0.2) is 23.5 Å². The van der Waals surface area contributed by atoms with E-state index in [1.165, 1.54) is 0 Å². The third kappa shape index (κ3) is 2.89. The number of carboxylic acid groups (broad SMARTS) is 1. The second kappa shape index (κ2) is 4.64. The molecule has 1 aliphatic rings. The number of rotatable bonds is 5. The van der Waals surface area contributed by atoms with Crippen molar-refractivity contribution in [2.24, 2.45) is 0 Å². The Morgan fingerprint density at radius 3 is 3.00 bits per heavy atom. The van der Waals surface area contributed by atoms with Crippen molar-refractivity contribution in [3.8, 4) is 0 Å². The van der Waals surface area contributed by atoms with Gasteiger partial charge in [-0.3, -0.25) is 4.79 Å². The monoisotopic (exact) mass is 183 g/mol. The topological polar surface area (TPSA) is 66.4 Å². The summed E-state index contributed by atoms with van der Waals surface area (Å²) in [5.41, 5.74) is 1.14. The summed E-state index contributed by atoms with van der Waals surface area (Å²) in [4.78, 5) is 20.7. The first-order valence-corrected chi connectivity index (χ1v) is 4.34. The van der Waals surface area contributed by atoms with E-state index < -0.39 is 12.0 Å². The average Bonchev–Trinajstić information content (AvgIpc) is 2.56. The molecule has 1 rings (SSSR count). The van der Waals surface area contributed by atoms with Crippen molar-refractivity contribution in [2.75, 3.05) is 0 Å². The van der Waals surface area contributed by atoms with Crippen molar-refractivity contribution in [3.63, 3.8) is 0 Å². The molecular weight excluding hydrogens is 170 g/mol. The summed E-state index contributed by atoms with van der Waals surface area (Å²) in [5.74, 6) is -0.972. The van der Waals surface area contributed by atoms with E-state index in [2.05, 4.69) is 11.4 Å². The van der Waals surface area contributed by atoms with Gasteiger partial charge in [0.1, 0.15) is 6.04 Å². The maximum atomic E-state index is 10.6. The first kappa shape index (κ1) is 9.77. The Hall–Kier alpha value is -1.32. The van der Waals surface area contributed by atoms with Gasteiger partial charge >= 0.3 is 5.97 Å². The van der Waals surface area contributed by atoms with Crippen molar-refractivity contribution in [1.82, 2.24) is 5.32 Å². The molecule has 0 saturated carbocycles. The van der Waals surface area contributed by atoms with E-state index in [1.807, 2.05) is 0 Å². The second-order valence-corrected chi connectivity index (χ2v) is 3.13. The van der Waals surface area contributed by atoms with E-state index in [1.54, 1.807) is 0 Å². The Morgan fingerprint density at radius 1 is 1.77 bits per heavy atom. The summed E-state index contributed by atoms with van der Waals surface area (Å²) < 4.78 is 0. The highest BCUT2D eigenvalue weighted by atomic mass is 16.4. The summed E-state index contributed by atoms with van der Waals surface area (Å²) >= 11 is 0. The molecule has 1 aliphatic carbocycles. The third-order valence-electron chi connectivity index (χ3n) is 2.17. The van der Waals surface area contributed by atoms with Crippen LogP contribution in [0.2, 0.25) is 0 Å². The number of carbonyl (C=O) groups is 2. The van der Waals surface area contributed by atoms with Crippen molar-refractivity contribution in [2.45, 2.75) is 31.7 Å². The molecule has 2 N–H and O–H groups in total. The second-order valence-electron chi connectivity index (χ2n) is 3.13. The van der Waals surface area contributed by atoms with Gasteiger partial charge in [-0.25, -0.2) is 4.79 Å². The molecule has 1 amide bonds. The minimum absolute atomic E-state index is 0.439. The van der Waals surface area contributed by atoms with Crippen LogP contribution in [0.5, 0.6) is 0 Å². The van der Waals surface area contributed by atoms with Crippen LogP contribution in [0.1, 0.15) is 25.7 Å². The van der Waals surface area contributed by atoms with Gasteiger partial charge in [-0.1, -0.05) is 11.6 Å². The van der Waals surface area contributed by atoms with Crippen LogP contribution in [-0.2, 0) is 9.59 Å². The normalized spacial score (nSPS) is 17.7. The zero-order valence-corrected chi connectivity index (χ0v) is 7.32. The summed E-state index contributed by atoms with van der Waals surface area (Å²) in [6.45, 7) is 0. The molecule has 0 bridgehead atoms. The molecule has 1 unspecified atom stereocenters. The lowest BCUT2D eigenvalue weighted by molar-refractivity contribution is -0.140. The van der Waals surface area contributed by atoms with Gasteiger partial charge in [0.05, 0.1) is 0 Å². The molecule has 13 heavy (non-hydrogen) atoms. The highest BCUT2D eigenvalue weighted by Crippen LogP contribution is 2.21. The Kier molecular flexibility index (Phi) is 3.49. The molecule has 0 radical (unpaired) electrons. The maximum absolute atomic E-state index is 10.6. The lowest BCUT2D eigenvalue weighted by atomic mass is 10.1. The number of hydrogen-bond donors (Lipinski definition) is 2. The number of carbonyl (C=O) groups excluding carboxylic acids is 1. The average molecular weight is 183 g/mol. The zero-order valence-electron chi connectivity index (χ0n) is 7.32. The fourth-order valence-electron chi connectivity index (χ4n) is 1.48. The van der Waals surface area contributed by atoms with Crippen molar-refractivity contribution < 1.29 is 14.7 Å². The summed E-state index contributed by atoms with van der Waals surface area (Å²) in [6.07, 6.45) is 6.03. The van der Waals surface area contributed by atoms with E-state index in [9.17, 15) is 9.59 Å². The number of aliphatic carboxylic acids is 1. The molecule has 72 valence electrons. The number of carboxylic acids is 1. The molecule has 0 aromatic rings.